The molecule has 4 heteroatoms. The van der Waals surface area contributed by atoms with Gasteiger partial charge in [0.05, 0.1) is 18.0 Å². The van der Waals surface area contributed by atoms with Gasteiger partial charge in [0.15, 0.2) is 0 Å². The minimum Gasteiger partial charge on any atom is -0.220 e. The first kappa shape index (κ1) is 6.80. The van der Waals surface area contributed by atoms with E-state index < -0.39 is 0 Å². The second-order valence-corrected chi connectivity index (χ2v) is 2.40. The van der Waals surface area contributed by atoms with Crippen molar-refractivity contribution in [2.75, 3.05) is 0 Å². The van der Waals surface area contributed by atoms with Gasteiger partial charge in [-0.25, -0.2) is 4.52 Å². The predicted molar refractivity (Wildman–Crippen MR) is 42.3 cm³/mol. The van der Waals surface area contributed by atoms with Crippen molar-refractivity contribution in [1.29, 1.82) is 5.26 Å². The Bertz CT molecular complexity index is 437. The Morgan fingerprint density at radius 3 is 3.25 bits per heavy atom. The van der Waals surface area contributed by atoms with E-state index in [0.717, 1.165) is 11.2 Å². The zero-order valence-electron chi connectivity index (χ0n) is 6.31. The van der Waals surface area contributed by atoms with Crippen molar-refractivity contribution in [1.82, 2.24) is 14.8 Å². The van der Waals surface area contributed by atoms with Gasteiger partial charge in [0.25, 0.3) is 0 Å². The molecule has 0 unspecified atom stereocenters. The number of fused-ring (bicyclic) bond motifs is 1. The van der Waals surface area contributed by atoms with Crippen LogP contribution in [0.2, 0.25) is 0 Å². The number of hydrogen-bond donors (Lipinski definition) is 0. The lowest BCUT2D eigenvalue weighted by atomic mass is 10.3. The topological polar surface area (TPSA) is 54.0 Å². The molecule has 0 aliphatic heterocycles. The smallest absolute Gasteiger partial charge is 0.105 e. The van der Waals surface area contributed by atoms with E-state index in [2.05, 4.69) is 10.3 Å². The lowest BCUT2D eigenvalue weighted by Gasteiger charge is -1.88. The minimum absolute atomic E-state index is 0.313. The minimum atomic E-state index is 0.313. The molecular formula is C8H6N4. The largest absolute Gasteiger partial charge is 0.220 e. The van der Waals surface area contributed by atoms with Crippen LogP contribution < -0.4 is 0 Å². The first-order chi connectivity index (χ1) is 5.92. The molecule has 12 heavy (non-hydrogen) atoms. The summed E-state index contributed by atoms with van der Waals surface area (Å²) in [6, 6.07) is 7.72. The van der Waals surface area contributed by atoms with Gasteiger partial charge in [-0.15, -0.1) is 5.10 Å². The fourth-order valence-electron chi connectivity index (χ4n) is 1.10. The van der Waals surface area contributed by atoms with E-state index in [1.54, 1.807) is 4.52 Å². The van der Waals surface area contributed by atoms with Crippen LogP contribution in [-0.2, 0) is 6.42 Å². The van der Waals surface area contributed by atoms with Crippen molar-refractivity contribution in [3.63, 3.8) is 0 Å². The lowest BCUT2D eigenvalue weighted by molar-refractivity contribution is 0.845. The molecule has 0 saturated carbocycles. The van der Waals surface area contributed by atoms with E-state index in [9.17, 15) is 0 Å². The van der Waals surface area contributed by atoms with E-state index in [1.807, 2.05) is 30.5 Å². The molecule has 0 bridgehead atoms. The summed E-state index contributed by atoms with van der Waals surface area (Å²) in [5.74, 6) is 0. The van der Waals surface area contributed by atoms with Gasteiger partial charge in [0.2, 0.25) is 0 Å². The number of nitriles is 1. The summed E-state index contributed by atoms with van der Waals surface area (Å²) in [7, 11) is 0. The molecule has 0 N–H and O–H groups in total. The summed E-state index contributed by atoms with van der Waals surface area (Å²) < 4.78 is 1.66. The Morgan fingerprint density at radius 1 is 1.50 bits per heavy atom. The predicted octanol–water partition coefficient (Wildman–Crippen LogP) is 0.795. The van der Waals surface area contributed by atoms with Gasteiger partial charge < -0.3 is 0 Å². The van der Waals surface area contributed by atoms with Crippen molar-refractivity contribution in [3.8, 4) is 6.07 Å². The van der Waals surface area contributed by atoms with Gasteiger partial charge in [-0.1, -0.05) is 11.3 Å². The molecule has 0 spiro atoms. The van der Waals surface area contributed by atoms with E-state index in [0.29, 0.717) is 6.42 Å². The Hall–Kier alpha value is -1.89. The SMILES string of the molecule is N#CCc1nnn2ccccc12. The summed E-state index contributed by atoms with van der Waals surface area (Å²) in [6.45, 7) is 0. The monoisotopic (exact) mass is 158 g/mol. The van der Waals surface area contributed by atoms with Crippen LogP contribution in [-0.4, -0.2) is 14.8 Å². The van der Waals surface area contributed by atoms with Crippen LogP contribution in [0.3, 0.4) is 0 Å². The molecule has 0 amide bonds. The maximum absolute atomic E-state index is 8.47. The molecule has 2 rings (SSSR count). The third kappa shape index (κ3) is 0.920. The third-order valence-corrected chi connectivity index (χ3v) is 1.64. The molecule has 2 heterocycles. The van der Waals surface area contributed by atoms with Crippen LogP contribution in [0, 0.1) is 11.3 Å². The molecule has 0 atom stereocenters. The molecule has 0 aromatic carbocycles. The molecule has 0 aliphatic rings. The highest BCUT2D eigenvalue weighted by molar-refractivity contribution is 5.50. The average Bonchev–Trinajstić information content (AvgIpc) is 2.50. The highest BCUT2D eigenvalue weighted by Gasteiger charge is 2.02. The van der Waals surface area contributed by atoms with Crippen LogP contribution in [0.1, 0.15) is 5.69 Å². The molecule has 0 saturated heterocycles. The molecule has 0 aliphatic carbocycles. The Kier molecular flexibility index (Phi) is 1.49. The van der Waals surface area contributed by atoms with Crippen molar-refractivity contribution in [3.05, 3.63) is 30.1 Å². The van der Waals surface area contributed by atoms with Crippen LogP contribution in [0.25, 0.3) is 5.52 Å². The summed E-state index contributed by atoms with van der Waals surface area (Å²) in [6.07, 6.45) is 2.12. The Morgan fingerprint density at radius 2 is 2.42 bits per heavy atom. The zero-order valence-corrected chi connectivity index (χ0v) is 6.31. The normalized spacial score (nSPS) is 9.92. The summed E-state index contributed by atoms with van der Waals surface area (Å²) >= 11 is 0. The number of rotatable bonds is 1. The van der Waals surface area contributed by atoms with E-state index in [4.69, 9.17) is 5.26 Å². The quantitative estimate of drug-likeness (QED) is 0.616. The highest BCUT2D eigenvalue weighted by Crippen LogP contribution is 2.06. The molecule has 58 valence electrons. The number of aromatic nitrogens is 3. The molecule has 0 fully saturated rings. The fourth-order valence-corrected chi connectivity index (χ4v) is 1.10. The Labute approximate surface area is 69.0 Å². The van der Waals surface area contributed by atoms with Crippen molar-refractivity contribution in [2.24, 2.45) is 0 Å². The van der Waals surface area contributed by atoms with Crippen LogP contribution in [0.15, 0.2) is 24.4 Å². The van der Waals surface area contributed by atoms with Crippen LogP contribution in [0.4, 0.5) is 0 Å². The van der Waals surface area contributed by atoms with Gasteiger partial charge in [-0.05, 0) is 12.1 Å². The average molecular weight is 158 g/mol. The maximum atomic E-state index is 8.47. The first-order valence-electron chi connectivity index (χ1n) is 3.57. The Balaban J connectivity index is 2.64. The first-order valence-corrected chi connectivity index (χ1v) is 3.57. The number of pyridine rings is 1. The molecule has 2 aromatic rings. The standard InChI is InChI=1S/C8H6N4/c9-5-4-7-8-3-1-2-6-12(8)11-10-7/h1-3,6H,4H2. The van der Waals surface area contributed by atoms with E-state index >= 15 is 0 Å². The van der Waals surface area contributed by atoms with Gasteiger partial charge in [-0.2, -0.15) is 5.26 Å². The zero-order chi connectivity index (χ0) is 8.39. The molecule has 2 aromatic heterocycles. The van der Waals surface area contributed by atoms with E-state index in [1.165, 1.54) is 0 Å². The lowest BCUT2D eigenvalue weighted by Crippen LogP contribution is -1.84. The number of hydrogen-bond acceptors (Lipinski definition) is 3. The van der Waals surface area contributed by atoms with Gasteiger partial charge in [-0.3, -0.25) is 0 Å². The van der Waals surface area contributed by atoms with Crippen LogP contribution >= 0.6 is 0 Å². The fraction of sp³-hybridized carbons (Fsp3) is 0.125. The summed E-state index contributed by atoms with van der Waals surface area (Å²) in [5.41, 5.74) is 1.64. The highest BCUT2D eigenvalue weighted by atomic mass is 15.4. The van der Waals surface area contributed by atoms with E-state index in [-0.39, 0.29) is 0 Å². The number of nitrogens with zero attached hydrogens (tertiary/aromatic N) is 4. The maximum Gasteiger partial charge on any atom is 0.105 e. The van der Waals surface area contributed by atoms with Crippen molar-refractivity contribution < 1.29 is 0 Å². The molecular weight excluding hydrogens is 152 g/mol. The molecule has 4 nitrogen and oxygen atoms in total. The molecule has 0 radical (unpaired) electrons. The summed E-state index contributed by atoms with van der Waals surface area (Å²) in [4.78, 5) is 0. The van der Waals surface area contributed by atoms with Crippen molar-refractivity contribution in [2.45, 2.75) is 6.42 Å². The second kappa shape index (κ2) is 2.62. The summed E-state index contributed by atoms with van der Waals surface area (Å²) in [5, 5.41) is 16.2. The van der Waals surface area contributed by atoms with Gasteiger partial charge in [0.1, 0.15) is 5.69 Å². The third-order valence-electron chi connectivity index (χ3n) is 1.64. The second-order valence-electron chi connectivity index (χ2n) is 2.40. The van der Waals surface area contributed by atoms with Gasteiger partial charge in [0, 0.05) is 6.20 Å². The van der Waals surface area contributed by atoms with Crippen LogP contribution in [0.5, 0.6) is 0 Å². The van der Waals surface area contributed by atoms with Gasteiger partial charge >= 0.3 is 0 Å². The van der Waals surface area contributed by atoms with Crippen molar-refractivity contribution >= 4 is 5.52 Å².